The van der Waals surface area contributed by atoms with Crippen LogP contribution >= 0.6 is 0 Å². The maximum Gasteiger partial charge on any atom is 0.241 e. The second-order valence-electron chi connectivity index (χ2n) is 7.11. The second kappa shape index (κ2) is 21.9. The number of phenols is 1. The largest absolute Gasteiger partial charge is 0.522 e. The molecule has 0 spiro atoms. The minimum absolute atomic E-state index is 0. The number of aliphatic hydroxyl groups is 1. The van der Waals surface area contributed by atoms with Gasteiger partial charge in [-0.05, 0) is 67.0 Å². The van der Waals surface area contributed by atoms with E-state index in [4.69, 9.17) is 15.0 Å². The molecule has 0 aliphatic heterocycles. The summed E-state index contributed by atoms with van der Waals surface area (Å²) in [5, 5.41) is 28.1. The SMILES string of the molecule is C=O.CC(C)[C@@H](C=O)N[C-]=O.CN[C@@H](C)C(=O)Nc1ccc(CO)cc1.O=Nc1ccc(O)cc1.[Fm]. The number of hydrogen-bond acceptors (Lipinski definition) is 9. The predicted molar refractivity (Wildman–Crippen MR) is 134 cm³/mol. The number of benzene rings is 2. The zero-order valence-corrected chi connectivity index (χ0v) is 22.9. The third-order valence-electron chi connectivity index (χ3n) is 4.28. The van der Waals surface area contributed by atoms with Crippen LogP contribution in [-0.2, 0) is 25.8 Å². The molecule has 0 saturated heterocycles. The zero-order valence-electron chi connectivity index (χ0n) is 20.5. The quantitative estimate of drug-likeness (QED) is 0.112. The number of rotatable bonds is 9. The van der Waals surface area contributed by atoms with Gasteiger partial charge in [-0.25, -0.2) is 0 Å². The first-order valence-corrected chi connectivity index (χ1v) is 10.4. The molecule has 2 aromatic rings. The normalized spacial score (nSPS) is 10.6. The van der Waals surface area contributed by atoms with Crippen molar-refractivity contribution in [3.8, 4) is 5.75 Å². The molecule has 0 radical (unpaired) electrons. The smallest absolute Gasteiger partial charge is 0.241 e. The maximum absolute atomic E-state index is 11.5. The van der Waals surface area contributed by atoms with Crippen LogP contribution in [0.5, 0.6) is 5.75 Å². The van der Waals surface area contributed by atoms with Crippen LogP contribution in [0.1, 0.15) is 26.3 Å². The fraction of sp³-hybridized carbons (Fsp3) is 0.333. The van der Waals surface area contributed by atoms with Gasteiger partial charge in [-0.2, -0.15) is 6.41 Å². The number of phenolic OH excluding ortho intramolecular Hbond substituents is 1. The summed E-state index contributed by atoms with van der Waals surface area (Å²) in [4.78, 5) is 49.0. The fourth-order valence-corrected chi connectivity index (χ4v) is 2.01. The topological polar surface area (TPSA) is 174 Å². The van der Waals surface area contributed by atoms with Crippen LogP contribution in [0.2, 0.25) is 0 Å². The van der Waals surface area contributed by atoms with Crippen molar-refractivity contribution in [2.75, 3.05) is 12.4 Å². The number of carbonyl (C=O) groups is 3. The van der Waals surface area contributed by atoms with Crippen molar-refractivity contribution in [3.05, 3.63) is 59.0 Å². The molecule has 2 atom stereocenters. The molecular formula is C24H33FmN4O7-. The van der Waals surface area contributed by atoms with Gasteiger partial charge in [0, 0.05) is 5.69 Å². The van der Waals surface area contributed by atoms with E-state index in [0.717, 1.165) is 11.3 Å². The third kappa shape index (κ3) is 15.8. The van der Waals surface area contributed by atoms with E-state index in [1.54, 1.807) is 38.2 Å². The third-order valence-corrected chi connectivity index (χ3v) is 4.28. The van der Waals surface area contributed by atoms with Gasteiger partial charge in [0.25, 0.3) is 0 Å². The van der Waals surface area contributed by atoms with Crippen molar-refractivity contribution >= 4 is 36.8 Å². The summed E-state index contributed by atoms with van der Waals surface area (Å²) >= 11 is 0. The number of aromatic hydroxyl groups is 1. The molecule has 0 aromatic heterocycles. The van der Waals surface area contributed by atoms with E-state index in [0.29, 0.717) is 12.0 Å². The Kier molecular flexibility index (Phi) is 21.6. The Hall–Kier alpha value is -4.96. The molecule has 2 aromatic carbocycles. The Morgan fingerprint density at radius 2 is 1.61 bits per heavy atom. The number of carbonyl (C=O) groups excluding carboxylic acids is 4. The molecule has 204 valence electrons. The summed E-state index contributed by atoms with van der Waals surface area (Å²) in [6.45, 7) is 7.51. The number of nitroso groups, excluding NO2 is 1. The van der Waals surface area contributed by atoms with Gasteiger partial charge in [-0.1, -0.05) is 26.0 Å². The molecule has 36 heavy (non-hydrogen) atoms. The molecular weight excluding hydrogens is 713 g/mol. The summed E-state index contributed by atoms with van der Waals surface area (Å²) in [6, 6.07) is 12.2. The van der Waals surface area contributed by atoms with Crippen LogP contribution in [0.3, 0.4) is 0 Å². The zero-order chi connectivity index (χ0) is 27.2. The van der Waals surface area contributed by atoms with Gasteiger partial charge in [-0.3, -0.25) is 4.79 Å². The van der Waals surface area contributed by atoms with Crippen LogP contribution < -0.4 is 16.0 Å². The number of likely N-dealkylation sites (N-methyl/N-ethyl adjacent to an activating group) is 1. The van der Waals surface area contributed by atoms with Crippen LogP contribution in [0, 0.1) is 10.8 Å². The van der Waals surface area contributed by atoms with Crippen molar-refractivity contribution in [1.29, 1.82) is 0 Å². The van der Waals surface area contributed by atoms with Gasteiger partial charge in [0.15, 0.2) is 0 Å². The summed E-state index contributed by atoms with van der Waals surface area (Å²) in [5.41, 5.74) is 1.89. The fourth-order valence-electron chi connectivity index (χ4n) is 2.01. The molecule has 0 unspecified atom stereocenters. The Balaban J connectivity index is -0.000000453. The summed E-state index contributed by atoms with van der Waals surface area (Å²) in [6.07, 6.45) is 2.17. The Labute approximate surface area is 204 Å². The van der Waals surface area contributed by atoms with Gasteiger partial charge in [0.05, 0.1) is 18.7 Å². The Morgan fingerprint density at radius 1 is 1.08 bits per heavy atom. The van der Waals surface area contributed by atoms with Crippen molar-refractivity contribution in [2.24, 2.45) is 11.1 Å². The number of anilines is 1. The summed E-state index contributed by atoms with van der Waals surface area (Å²) in [7, 11) is 1.74. The van der Waals surface area contributed by atoms with E-state index in [1.807, 2.05) is 20.6 Å². The minimum Gasteiger partial charge on any atom is -0.522 e. The molecule has 0 aliphatic carbocycles. The molecule has 2 rings (SSSR count). The molecule has 2 amide bonds. The molecule has 12 heteroatoms. The van der Waals surface area contributed by atoms with Crippen LogP contribution in [0.4, 0.5) is 11.4 Å². The van der Waals surface area contributed by atoms with E-state index in [-0.39, 0.29) is 36.3 Å². The van der Waals surface area contributed by atoms with Crippen LogP contribution in [0.25, 0.3) is 0 Å². The number of amides is 2. The predicted octanol–water partition coefficient (Wildman–Crippen LogP) is 2.20. The van der Waals surface area contributed by atoms with Gasteiger partial charge in [-0.15, -0.1) is 4.91 Å². The number of hydrogen-bond donors (Lipinski definition) is 5. The van der Waals surface area contributed by atoms with Crippen molar-refractivity contribution < 1.29 is 29.4 Å². The molecule has 0 bridgehead atoms. The average Bonchev–Trinajstić information content (AvgIpc) is 2.89. The number of nitrogens with one attached hydrogen (secondary N) is 3. The van der Waals surface area contributed by atoms with Crippen molar-refractivity contribution in [3.63, 3.8) is 0 Å². The number of aliphatic hydroxyl groups excluding tert-OH is 1. The van der Waals surface area contributed by atoms with Gasteiger partial charge in [0.1, 0.15) is 24.5 Å². The maximum atomic E-state index is 11.5. The van der Waals surface area contributed by atoms with Crippen molar-refractivity contribution in [2.45, 2.75) is 39.5 Å². The van der Waals surface area contributed by atoms with E-state index >= 15 is 0 Å². The van der Waals surface area contributed by atoms with Crippen molar-refractivity contribution in [1.82, 2.24) is 10.6 Å². The van der Waals surface area contributed by atoms with Gasteiger partial charge in [0.2, 0.25) is 5.91 Å². The van der Waals surface area contributed by atoms with E-state index in [9.17, 15) is 19.3 Å². The Morgan fingerprint density at radius 3 is 1.94 bits per heavy atom. The number of aldehydes is 1. The summed E-state index contributed by atoms with van der Waals surface area (Å²) < 4.78 is 0. The first-order chi connectivity index (χ1) is 16.7. The summed E-state index contributed by atoms with van der Waals surface area (Å²) in [5.74, 6) is 0.209. The molecule has 5 N–H and O–H groups in total. The first-order valence-electron chi connectivity index (χ1n) is 10.4. The minimum atomic E-state index is -0.387. The average molecular weight is 747 g/mol. The number of nitrogens with zero attached hydrogens (tertiary/aromatic N) is 1. The molecule has 0 aliphatic rings. The first kappa shape index (κ1) is 35.6. The second-order valence-corrected chi connectivity index (χ2v) is 7.11. The standard InChI is InChI=1S/C11H16N2O2.C6H5NO2.C6H10NO2.CH2O.Fm/c1-8(12-2)11(15)13-10-5-3-9(7-14)4-6-10;8-6-3-1-5(7-9)2-4-6;1-5(2)6(3-8)7-4-9;1-2;/h3-6,8,12,14H,7H2,1-2H3,(H,13,15);1-4,8H;3,5-6H,1-2H3,(H,7,9);1H2;/q;;-1;;/t8-;;6-;;/m0.1../s1. The molecule has 11 nitrogen and oxygen atoms in total. The molecule has 0 fully saturated rings. The monoisotopic (exact) mass is 746 g/mol. The molecule has 0 heterocycles. The van der Waals surface area contributed by atoms with Gasteiger partial charge < -0.3 is 40.5 Å². The van der Waals surface area contributed by atoms with Crippen LogP contribution in [-0.4, -0.2) is 54.7 Å². The molecule has 0 saturated carbocycles. The Bertz CT molecular complexity index is 866. The van der Waals surface area contributed by atoms with E-state index in [1.165, 1.54) is 30.7 Å². The van der Waals surface area contributed by atoms with Crippen LogP contribution in [0.15, 0.2) is 53.7 Å². The van der Waals surface area contributed by atoms with E-state index in [2.05, 4.69) is 21.1 Å². The van der Waals surface area contributed by atoms with E-state index < -0.39 is 0 Å². The van der Waals surface area contributed by atoms with Gasteiger partial charge >= 0.3 is 0 Å².